The van der Waals surface area contributed by atoms with Gasteiger partial charge in [-0.3, -0.25) is 4.99 Å². The highest BCUT2D eigenvalue weighted by Crippen LogP contribution is 2.28. The monoisotopic (exact) mass is 243 g/mol. The van der Waals surface area contributed by atoms with E-state index in [0.29, 0.717) is 6.04 Å². The first kappa shape index (κ1) is 11.6. The standard InChI is InChI=1S/C15H21N3/c1-2-6-12(7-3-1)10-16-15-17-11-14(18-15)13-8-4-5-9-13/h1-3,6-7,13-14H,4-5,8-11H2,(H2,16,17,18). The van der Waals surface area contributed by atoms with Crippen LogP contribution in [0.15, 0.2) is 35.3 Å². The molecule has 0 spiro atoms. The average Bonchev–Trinajstić information content (AvgIpc) is 3.08. The highest BCUT2D eigenvalue weighted by Gasteiger charge is 2.28. The van der Waals surface area contributed by atoms with Crippen molar-refractivity contribution >= 4 is 5.96 Å². The number of nitrogens with zero attached hydrogens (tertiary/aromatic N) is 1. The topological polar surface area (TPSA) is 36.4 Å². The molecule has 0 bridgehead atoms. The molecule has 96 valence electrons. The van der Waals surface area contributed by atoms with Crippen LogP contribution in [0.3, 0.4) is 0 Å². The Labute approximate surface area is 109 Å². The molecule has 2 N–H and O–H groups in total. The summed E-state index contributed by atoms with van der Waals surface area (Å²) in [6, 6.07) is 11.0. The fourth-order valence-electron chi connectivity index (χ4n) is 2.97. The first-order chi connectivity index (χ1) is 8.92. The molecule has 1 saturated carbocycles. The molecule has 3 nitrogen and oxygen atoms in total. The molecule has 3 heteroatoms. The maximum Gasteiger partial charge on any atom is 0.191 e. The number of benzene rings is 1. The van der Waals surface area contributed by atoms with Crippen molar-refractivity contribution in [2.45, 2.75) is 38.3 Å². The van der Waals surface area contributed by atoms with Gasteiger partial charge in [-0.25, -0.2) is 0 Å². The predicted octanol–water partition coefficient (Wildman–Crippen LogP) is 2.29. The van der Waals surface area contributed by atoms with Crippen LogP contribution in [-0.4, -0.2) is 18.5 Å². The van der Waals surface area contributed by atoms with Gasteiger partial charge in [0.25, 0.3) is 0 Å². The SMILES string of the molecule is c1ccc(CNC2=NCC(C3CCCC3)N2)cc1. The molecule has 1 aliphatic heterocycles. The van der Waals surface area contributed by atoms with E-state index in [2.05, 4.69) is 39.9 Å². The summed E-state index contributed by atoms with van der Waals surface area (Å²) in [5.74, 6) is 1.82. The Balaban J connectivity index is 1.47. The Bertz CT molecular complexity index is 407. The lowest BCUT2D eigenvalue weighted by molar-refractivity contribution is 0.422. The van der Waals surface area contributed by atoms with Crippen LogP contribution in [0, 0.1) is 5.92 Å². The molecule has 0 saturated heterocycles. The molecule has 18 heavy (non-hydrogen) atoms. The van der Waals surface area contributed by atoms with E-state index in [0.717, 1.165) is 25.0 Å². The van der Waals surface area contributed by atoms with Gasteiger partial charge in [-0.1, -0.05) is 43.2 Å². The normalized spacial score (nSPS) is 23.8. The van der Waals surface area contributed by atoms with E-state index in [4.69, 9.17) is 0 Å². The molecule has 2 aliphatic rings. The van der Waals surface area contributed by atoms with E-state index in [1.165, 1.54) is 31.2 Å². The van der Waals surface area contributed by atoms with E-state index in [9.17, 15) is 0 Å². The van der Waals surface area contributed by atoms with E-state index in [1.807, 2.05) is 6.07 Å². The first-order valence-electron chi connectivity index (χ1n) is 7.00. The van der Waals surface area contributed by atoms with Gasteiger partial charge in [-0.2, -0.15) is 0 Å². The average molecular weight is 243 g/mol. The minimum Gasteiger partial charge on any atom is -0.352 e. The van der Waals surface area contributed by atoms with Crippen LogP contribution in [0.1, 0.15) is 31.2 Å². The van der Waals surface area contributed by atoms with Crippen molar-refractivity contribution in [2.24, 2.45) is 10.9 Å². The summed E-state index contributed by atoms with van der Waals surface area (Å²) in [4.78, 5) is 4.57. The lowest BCUT2D eigenvalue weighted by atomic mass is 9.99. The van der Waals surface area contributed by atoms with Gasteiger partial charge in [0, 0.05) is 6.54 Å². The molecule has 0 amide bonds. The third kappa shape index (κ3) is 2.66. The van der Waals surface area contributed by atoms with Crippen LogP contribution in [-0.2, 0) is 6.54 Å². The Morgan fingerprint density at radius 3 is 2.72 bits per heavy atom. The van der Waals surface area contributed by atoms with Crippen LogP contribution in [0.4, 0.5) is 0 Å². The molecule has 1 unspecified atom stereocenters. The van der Waals surface area contributed by atoms with Gasteiger partial charge in [0.2, 0.25) is 0 Å². The van der Waals surface area contributed by atoms with E-state index < -0.39 is 0 Å². The summed E-state index contributed by atoms with van der Waals surface area (Å²) in [6.07, 6.45) is 5.55. The van der Waals surface area contributed by atoms with Gasteiger partial charge in [0.1, 0.15) is 0 Å². The first-order valence-corrected chi connectivity index (χ1v) is 7.00. The third-order valence-corrected chi connectivity index (χ3v) is 4.04. The smallest absolute Gasteiger partial charge is 0.191 e. The molecule has 1 aromatic carbocycles. The zero-order valence-electron chi connectivity index (χ0n) is 10.7. The molecule has 0 aromatic heterocycles. The number of guanidine groups is 1. The Hall–Kier alpha value is -1.51. The quantitative estimate of drug-likeness (QED) is 0.854. The highest BCUT2D eigenvalue weighted by atomic mass is 15.2. The predicted molar refractivity (Wildman–Crippen MR) is 74.5 cm³/mol. The van der Waals surface area contributed by atoms with Crippen molar-refractivity contribution in [1.29, 1.82) is 0 Å². The number of rotatable bonds is 3. The number of aliphatic imine (C=N–C) groups is 1. The molecule has 3 rings (SSSR count). The van der Waals surface area contributed by atoms with Crippen molar-refractivity contribution in [1.82, 2.24) is 10.6 Å². The molecular weight excluding hydrogens is 222 g/mol. The summed E-state index contributed by atoms with van der Waals surface area (Å²) in [7, 11) is 0. The van der Waals surface area contributed by atoms with E-state index in [1.54, 1.807) is 0 Å². The van der Waals surface area contributed by atoms with Gasteiger partial charge in [0.15, 0.2) is 5.96 Å². The van der Waals surface area contributed by atoms with Crippen LogP contribution >= 0.6 is 0 Å². The molecule has 1 aromatic rings. The maximum absolute atomic E-state index is 4.57. The fourth-order valence-corrected chi connectivity index (χ4v) is 2.97. The van der Waals surface area contributed by atoms with Crippen LogP contribution in [0.2, 0.25) is 0 Å². The summed E-state index contributed by atoms with van der Waals surface area (Å²) in [6.45, 7) is 1.80. The molecule has 1 atom stereocenters. The van der Waals surface area contributed by atoms with Gasteiger partial charge >= 0.3 is 0 Å². The minimum absolute atomic E-state index is 0.575. The Morgan fingerprint density at radius 2 is 1.94 bits per heavy atom. The fraction of sp³-hybridized carbons (Fsp3) is 0.533. The summed E-state index contributed by atoms with van der Waals surface area (Å²) in [5.41, 5.74) is 1.30. The van der Waals surface area contributed by atoms with Crippen molar-refractivity contribution in [3.63, 3.8) is 0 Å². The molecule has 1 heterocycles. The van der Waals surface area contributed by atoms with Crippen molar-refractivity contribution < 1.29 is 0 Å². The summed E-state index contributed by atoms with van der Waals surface area (Å²) < 4.78 is 0. The zero-order valence-corrected chi connectivity index (χ0v) is 10.7. The van der Waals surface area contributed by atoms with Gasteiger partial charge < -0.3 is 10.6 Å². The van der Waals surface area contributed by atoms with Crippen molar-refractivity contribution in [3.05, 3.63) is 35.9 Å². The lowest BCUT2D eigenvalue weighted by Gasteiger charge is -2.18. The second-order valence-corrected chi connectivity index (χ2v) is 5.32. The van der Waals surface area contributed by atoms with E-state index >= 15 is 0 Å². The molecule has 1 fully saturated rings. The van der Waals surface area contributed by atoms with Gasteiger partial charge in [-0.15, -0.1) is 0 Å². The molecule has 1 aliphatic carbocycles. The van der Waals surface area contributed by atoms with Gasteiger partial charge in [-0.05, 0) is 24.3 Å². The van der Waals surface area contributed by atoms with Crippen molar-refractivity contribution in [2.75, 3.05) is 6.54 Å². The summed E-state index contributed by atoms with van der Waals surface area (Å²) in [5, 5.41) is 6.93. The second kappa shape index (κ2) is 5.42. The Kier molecular flexibility index (Phi) is 3.49. The van der Waals surface area contributed by atoms with Gasteiger partial charge in [0.05, 0.1) is 12.6 Å². The van der Waals surface area contributed by atoms with Crippen LogP contribution in [0.25, 0.3) is 0 Å². The van der Waals surface area contributed by atoms with Crippen molar-refractivity contribution in [3.8, 4) is 0 Å². The minimum atomic E-state index is 0.575. The summed E-state index contributed by atoms with van der Waals surface area (Å²) >= 11 is 0. The van der Waals surface area contributed by atoms with Crippen LogP contribution < -0.4 is 10.6 Å². The zero-order chi connectivity index (χ0) is 12.2. The van der Waals surface area contributed by atoms with E-state index in [-0.39, 0.29) is 0 Å². The van der Waals surface area contributed by atoms with Crippen LogP contribution in [0.5, 0.6) is 0 Å². The number of hydrogen-bond donors (Lipinski definition) is 2. The third-order valence-electron chi connectivity index (χ3n) is 4.04. The highest BCUT2D eigenvalue weighted by molar-refractivity contribution is 5.81. The largest absolute Gasteiger partial charge is 0.352 e. The number of nitrogens with one attached hydrogen (secondary N) is 2. The Morgan fingerprint density at radius 1 is 1.17 bits per heavy atom. The lowest BCUT2D eigenvalue weighted by Crippen LogP contribution is -2.41. The number of hydrogen-bond acceptors (Lipinski definition) is 3. The second-order valence-electron chi connectivity index (χ2n) is 5.32. The maximum atomic E-state index is 4.57. The molecule has 0 radical (unpaired) electrons. The molecular formula is C15H21N3.